The average Bonchev–Trinajstić information content (AvgIpc) is 2.75. The Morgan fingerprint density at radius 3 is 2.52 bits per heavy atom. The number of benzene rings is 2. The highest BCUT2D eigenvalue weighted by Gasteiger charge is 2.38. The van der Waals surface area contributed by atoms with Crippen LogP contribution in [-0.2, 0) is 9.53 Å². The van der Waals surface area contributed by atoms with Gasteiger partial charge in [-0.1, -0.05) is 29.3 Å². The minimum absolute atomic E-state index is 0.00160. The third-order valence-electron chi connectivity index (χ3n) is 4.78. The molecule has 3 rings (SSSR count). The van der Waals surface area contributed by atoms with E-state index in [-0.39, 0.29) is 24.8 Å². The first kappa shape index (κ1) is 23.3. The average molecular weight is 481 g/mol. The molecule has 1 heterocycles. The van der Waals surface area contributed by atoms with Gasteiger partial charge in [-0.15, -0.1) is 11.8 Å². The number of nitrogens with zero attached hydrogens (tertiary/aromatic N) is 1. The van der Waals surface area contributed by atoms with E-state index in [2.05, 4.69) is 5.32 Å². The van der Waals surface area contributed by atoms with Gasteiger partial charge in [0.1, 0.15) is 12.4 Å². The molecule has 2 aromatic rings. The number of urea groups is 1. The lowest BCUT2D eigenvalue weighted by atomic mass is 9.94. The minimum Gasteiger partial charge on any atom is -0.487 e. The second-order valence-electron chi connectivity index (χ2n) is 6.65. The molecule has 0 aliphatic carbocycles. The summed E-state index contributed by atoms with van der Waals surface area (Å²) in [6.45, 7) is 1.90. The number of carbonyl (C=O) groups is 2. The third kappa shape index (κ3) is 5.29. The highest BCUT2D eigenvalue weighted by molar-refractivity contribution is 7.98. The van der Waals surface area contributed by atoms with E-state index in [9.17, 15) is 9.59 Å². The van der Waals surface area contributed by atoms with E-state index in [4.69, 9.17) is 32.7 Å². The maximum Gasteiger partial charge on any atom is 0.338 e. The fraction of sp³-hybridized carbons (Fsp3) is 0.273. The van der Waals surface area contributed by atoms with Crippen molar-refractivity contribution in [3.05, 3.63) is 69.3 Å². The van der Waals surface area contributed by atoms with E-state index in [1.165, 1.54) is 4.90 Å². The Bertz CT molecular complexity index is 1010. The standard InChI is InChI=1S/C22H22Cl2N2O4S/c1-4-29-21(27)19-18(12-30-14-6-8-15(31-3)9-7-14)26(2)22(28)25-20(19)16-10-5-13(23)11-17(16)24/h5-11,20H,4,12H2,1-3H3,(H,25,28)/t20-/m1/s1. The number of likely N-dealkylation sites (N-methyl/N-ethyl adjacent to an activating group) is 1. The van der Waals surface area contributed by atoms with Gasteiger partial charge in [0, 0.05) is 22.0 Å². The lowest BCUT2D eigenvalue weighted by Crippen LogP contribution is -2.48. The van der Waals surface area contributed by atoms with Crippen LogP contribution in [-0.4, -0.2) is 43.4 Å². The van der Waals surface area contributed by atoms with Crippen LogP contribution in [0.2, 0.25) is 10.0 Å². The molecule has 0 aromatic heterocycles. The van der Waals surface area contributed by atoms with Crippen LogP contribution in [0.5, 0.6) is 5.75 Å². The summed E-state index contributed by atoms with van der Waals surface area (Å²) in [5, 5.41) is 3.60. The summed E-state index contributed by atoms with van der Waals surface area (Å²) >= 11 is 14.0. The number of esters is 1. The van der Waals surface area contributed by atoms with Gasteiger partial charge < -0.3 is 14.8 Å². The van der Waals surface area contributed by atoms with Crippen LogP contribution in [0.1, 0.15) is 18.5 Å². The maximum atomic E-state index is 12.9. The summed E-state index contributed by atoms with van der Waals surface area (Å²) in [7, 11) is 1.57. The van der Waals surface area contributed by atoms with Crippen molar-refractivity contribution in [3.63, 3.8) is 0 Å². The Labute approximate surface area is 195 Å². The topological polar surface area (TPSA) is 67.9 Å². The van der Waals surface area contributed by atoms with Gasteiger partial charge >= 0.3 is 12.0 Å². The number of rotatable bonds is 7. The predicted molar refractivity (Wildman–Crippen MR) is 123 cm³/mol. The van der Waals surface area contributed by atoms with Crippen molar-refractivity contribution in [2.75, 3.05) is 26.5 Å². The zero-order valence-electron chi connectivity index (χ0n) is 17.3. The molecule has 164 valence electrons. The molecule has 2 amide bonds. The monoisotopic (exact) mass is 480 g/mol. The number of ether oxygens (including phenoxy) is 2. The molecule has 1 N–H and O–H groups in total. The summed E-state index contributed by atoms with van der Waals surface area (Å²) < 4.78 is 11.2. The summed E-state index contributed by atoms with van der Waals surface area (Å²) in [6.07, 6.45) is 1.99. The second kappa shape index (κ2) is 10.3. The third-order valence-corrected chi connectivity index (χ3v) is 6.09. The minimum atomic E-state index is -0.801. The Balaban J connectivity index is 2.02. The van der Waals surface area contributed by atoms with Crippen molar-refractivity contribution in [3.8, 4) is 5.75 Å². The van der Waals surface area contributed by atoms with E-state index >= 15 is 0 Å². The summed E-state index contributed by atoms with van der Waals surface area (Å²) in [5.41, 5.74) is 1.19. The molecular weight excluding hydrogens is 459 g/mol. The molecule has 2 aromatic carbocycles. The number of hydrogen-bond donors (Lipinski definition) is 1. The Kier molecular flexibility index (Phi) is 7.75. The highest BCUT2D eigenvalue weighted by Crippen LogP contribution is 2.36. The zero-order chi connectivity index (χ0) is 22.5. The summed E-state index contributed by atoms with van der Waals surface area (Å²) in [6, 6.07) is 11.3. The number of amides is 2. The van der Waals surface area contributed by atoms with Crippen molar-refractivity contribution in [1.82, 2.24) is 10.2 Å². The first-order valence-electron chi connectivity index (χ1n) is 9.51. The Morgan fingerprint density at radius 2 is 1.90 bits per heavy atom. The molecule has 31 heavy (non-hydrogen) atoms. The van der Waals surface area contributed by atoms with Crippen molar-refractivity contribution in [1.29, 1.82) is 0 Å². The highest BCUT2D eigenvalue weighted by atomic mass is 35.5. The fourth-order valence-electron chi connectivity index (χ4n) is 3.17. The van der Waals surface area contributed by atoms with Crippen LogP contribution in [0.25, 0.3) is 0 Å². The Morgan fingerprint density at radius 1 is 1.19 bits per heavy atom. The molecule has 1 aliphatic heterocycles. The number of hydrogen-bond acceptors (Lipinski definition) is 5. The lowest BCUT2D eigenvalue weighted by molar-refractivity contribution is -0.139. The molecule has 0 saturated heterocycles. The quantitative estimate of drug-likeness (QED) is 0.429. The molecule has 1 atom stereocenters. The smallest absolute Gasteiger partial charge is 0.338 e. The van der Waals surface area contributed by atoms with Crippen LogP contribution in [0.3, 0.4) is 0 Å². The van der Waals surface area contributed by atoms with Gasteiger partial charge in [0.2, 0.25) is 0 Å². The van der Waals surface area contributed by atoms with Crippen molar-refractivity contribution >= 4 is 47.0 Å². The van der Waals surface area contributed by atoms with E-state index in [0.717, 1.165) is 4.90 Å². The van der Waals surface area contributed by atoms with Crippen LogP contribution >= 0.6 is 35.0 Å². The van der Waals surface area contributed by atoms with Gasteiger partial charge in [0.15, 0.2) is 0 Å². The van der Waals surface area contributed by atoms with Crippen LogP contribution in [0.4, 0.5) is 4.79 Å². The van der Waals surface area contributed by atoms with Gasteiger partial charge in [-0.05, 0) is 55.1 Å². The van der Waals surface area contributed by atoms with E-state index in [0.29, 0.717) is 27.1 Å². The summed E-state index contributed by atoms with van der Waals surface area (Å²) in [4.78, 5) is 28.1. The van der Waals surface area contributed by atoms with Crippen LogP contribution in [0.15, 0.2) is 58.6 Å². The number of carbonyl (C=O) groups excluding carboxylic acids is 2. The van der Waals surface area contributed by atoms with Gasteiger partial charge in [0.25, 0.3) is 0 Å². The van der Waals surface area contributed by atoms with Crippen molar-refractivity contribution in [2.45, 2.75) is 17.9 Å². The molecule has 0 radical (unpaired) electrons. The van der Waals surface area contributed by atoms with Gasteiger partial charge in [-0.25, -0.2) is 9.59 Å². The van der Waals surface area contributed by atoms with Crippen molar-refractivity contribution < 1.29 is 19.1 Å². The largest absolute Gasteiger partial charge is 0.487 e. The molecule has 1 aliphatic rings. The molecule has 0 fully saturated rings. The first-order chi connectivity index (χ1) is 14.8. The fourth-order valence-corrected chi connectivity index (χ4v) is 4.10. The lowest BCUT2D eigenvalue weighted by Gasteiger charge is -2.34. The molecular formula is C22H22Cl2N2O4S. The number of nitrogens with one attached hydrogen (secondary N) is 1. The van der Waals surface area contributed by atoms with E-state index in [1.54, 1.807) is 43.9 Å². The molecule has 0 bridgehead atoms. The van der Waals surface area contributed by atoms with Gasteiger partial charge in [-0.3, -0.25) is 4.90 Å². The van der Waals surface area contributed by atoms with Gasteiger partial charge in [0.05, 0.1) is 23.9 Å². The molecule has 9 heteroatoms. The van der Waals surface area contributed by atoms with E-state index < -0.39 is 12.0 Å². The van der Waals surface area contributed by atoms with Crippen molar-refractivity contribution in [2.24, 2.45) is 0 Å². The molecule has 0 unspecified atom stereocenters. The first-order valence-corrected chi connectivity index (χ1v) is 11.5. The zero-order valence-corrected chi connectivity index (χ0v) is 19.6. The van der Waals surface area contributed by atoms with Gasteiger partial charge in [-0.2, -0.15) is 0 Å². The van der Waals surface area contributed by atoms with Crippen LogP contribution < -0.4 is 10.1 Å². The molecule has 0 saturated carbocycles. The van der Waals surface area contributed by atoms with E-state index in [1.807, 2.05) is 30.5 Å². The van der Waals surface area contributed by atoms with Crippen LogP contribution in [0, 0.1) is 0 Å². The molecule has 0 spiro atoms. The normalized spacial score (nSPS) is 16.2. The predicted octanol–water partition coefficient (Wildman–Crippen LogP) is 5.31. The Hall–Kier alpha value is -2.35. The second-order valence-corrected chi connectivity index (χ2v) is 8.38. The SMILES string of the molecule is CCOC(=O)C1=C(COc2ccc(SC)cc2)N(C)C(=O)N[C@@H]1c1ccc(Cl)cc1Cl. The maximum absolute atomic E-state index is 12.9. The summed E-state index contributed by atoms with van der Waals surface area (Å²) in [5.74, 6) is 0.0654. The number of halogens is 2. The number of thioether (sulfide) groups is 1. The molecule has 6 nitrogen and oxygen atoms in total.